The Labute approximate surface area is 147 Å². The lowest BCUT2D eigenvalue weighted by Crippen LogP contribution is -2.42. The van der Waals surface area contributed by atoms with E-state index in [9.17, 15) is 9.59 Å². The van der Waals surface area contributed by atoms with Crippen LogP contribution in [0.1, 0.15) is 11.1 Å². The fraction of sp³-hybridized carbons (Fsp3) is 0.263. The summed E-state index contributed by atoms with van der Waals surface area (Å²) in [5.41, 5.74) is 1.99. The summed E-state index contributed by atoms with van der Waals surface area (Å²) in [7, 11) is 3.30. The molecule has 0 saturated carbocycles. The summed E-state index contributed by atoms with van der Waals surface area (Å²) >= 11 is 0. The number of hydrogen-bond donors (Lipinski definition) is 2. The Morgan fingerprint density at radius 2 is 1.64 bits per heavy atom. The number of nitrogens with one attached hydrogen (secondary N) is 2. The summed E-state index contributed by atoms with van der Waals surface area (Å²) in [5.74, 6) is 0.529. The van der Waals surface area contributed by atoms with Crippen LogP contribution >= 0.6 is 0 Å². The van der Waals surface area contributed by atoms with E-state index in [-0.39, 0.29) is 18.5 Å². The molecule has 0 saturated heterocycles. The highest BCUT2D eigenvalue weighted by Crippen LogP contribution is 2.10. The molecule has 0 radical (unpaired) electrons. The normalized spacial score (nSPS) is 10.0. The number of benzene rings is 2. The number of ether oxygens (including phenoxy) is 1. The van der Waals surface area contributed by atoms with E-state index < -0.39 is 0 Å². The molecule has 0 spiro atoms. The molecule has 2 aromatic rings. The van der Waals surface area contributed by atoms with E-state index >= 15 is 0 Å². The third-order valence-corrected chi connectivity index (χ3v) is 3.66. The molecule has 6 heteroatoms. The zero-order valence-corrected chi connectivity index (χ0v) is 14.5. The quantitative estimate of drug-likeness (QED) is 0.811. The van der Waals surface area contributed by atoms with Gasteiger partial charge in [-0.3, -0.25) is 4.79 Å². The van der Waals surface area contributed by atoms with Crippen molar-refractivity contribution in [3.8, 4) is 5.75 Å². The zero-order chi connectivity index (χ0) is 18.1. The summed E-state index contributed by atoms with van der Waals surface area (Å²) in [4.78, 5) is 25.4. The Hall–Kier alpha value is -3.02. The van der Waals surface area contributed by atoms with Crippen LogP contribution in [0.2, 0.25) is 0 Å². The lowest BCUT2D eigenvalue weighted by Gasteiger charge is -2.18. The number of carbonyl (C=O) groups is 2. The van der Waals surface area contributed by atoms with Crippen molar-refractivity contribution in [3.05, 3.63) is 65.7 Å². The summed E-state index contributed by atoms with van der Waals surface area (Å²) < 4.78 is 5.09. The Kier molecular flexibility index (Phi) is 6.83. The second kappa shape index (κ2) is 9.32. The maximum atomic E-state index is 12.0. The SMILES string of the molecule is COc1ccc(CNC(=O)CNC(=O)N(C)Cc2ccccc2)cc1. The molecular formula is C19H23N3O3. The Morgan fingerprint density at radius 1 is 0.960 bits per heavy atom. The zero-order valence-electron chi connectivity index (χ0n) is 14.5. The first kappa shape index (κ1) is 18.3. The van der Waals surface area contributed by atoms with E-state index in [4.69, 9.17) is 4.74 Å². The van der Waals surface area contributed by atoms with Crippen LogP contribution in [0.4, 0.5) is 4.79 Å². The average molecular weight is 341 g/mol. The summed E-state index contributed by atoms with van der Waals surface area (Å²) in [5, 5.41) is 5.38. The van der Waals surface area contributed by atoms with Crippen LogP contribution < -0.4 is 15.4 Å². The minimum Gasteiger partial charge on any atom is -0.497 e. The molecule has 0 bridgehead atoms. The van der Waals surface area contributed by atoms with E-state index in [1.54, 1.807) is 14.2 Å². The molecule has 6 nitrogen and oxygen atoms in total. The molecule has 2 N–H and O–H groups in total. The Bertz CT molecular complexity index is 687. The second-order valence-electron chi connectivity index (χ2n) is 5.63. The van der Waals surface area contributed by atoms with E-state index in [1.807, 2.05) is 54.6 Å². The third-order valence-electron chi connectivity index (χ3n) is 3.66. The van der Waals surface area contributed by atoms with Crippen LogP contribution in [0.15, 0.2) is 54.6 Å². The highest BCUT2D eigenvalue weighted by atomic mass is 16.5. The molecule has 0 heterocycles. The molecule has 0 aromatic heterocycles. The molecule has 0 aliphatic heterocycles. The van der Waals surface area contributed by atoms with Gasteiger partial charge in [-0.25, -0.2) is 4.79 Å². The maximum Gasteiger partial charge on any atom is 0.317 e. The fourth-order valence-corrected chi connectivity index (χ4v) is 2.23. The number of nitrogens with zero attached hydrogens (tertiary/aromatic N) is 1. The van der Waals surface area contributed by atoms with E-state index in [2.05, 4.69) is 10.6 Å². The third kappa shape index (κ3) is 6.18. The van der Waals surface area contributed by atoms with Gasteiger partial charge in [0.1, 0.15) is 5.75 Å². The van der Waals surface area contributed by atoms with Crippen LogP contribution in [0.5, 0.6) is 5.75 Å². The van der Waals surface area contributed by atoms with Gasteiger partial charge >= 0.3 is 6.03 Å². The molecule has 0 aliphatic rings. The van der Waals surface area contributed by atoms with Crippen molar-refractivity contribution in [2.45, 2.75) is 13.1 Å². The number of carbonyl (C=O) groups excluding carboxylic acids is 2. The molecule has 2 rings (SSSR count). The van der Waals surface area contributed by atoms with Crippen molar-refractivity contribution in [3.63, 3.8) is 0 Å². The van der Waals surface area contributed by atoms with E-state index in [0.717, 1.165) is 16.9 Å². The van der Waals surface area contributed by atoms with Crippen molar-refractivity contribution in [1.29, 1.82) is 0 Å². The van der Waals surface area contributed by atoms with Gasteiger partial charge in [0.2, 0.25) is 5.91 Å². The largest absolute Gasteiger partial charge is 0.497 e. The predicted octanol–water partition coefficient (Wildman–Crippen LogP) is 2.15. The molecule has 0 unspecified atom stereocenters. The van der Waals surface area contributed by atoms with Gasteiger partial charge in [-0.05, 0) is 23.3 Å². The van der Waals surface area contributed by atoms with E-state index in [0.29, 0.717) is 13.1 Å². The van der Waals surface area contributed by atoms with Gasteiger partial charge in [-0.2, -0.15) is 0 Å². The van der Waals surface area contributed by atoms with Gasteiger partial charge in [-0.1, -0.05) is 42.5 Å². The molecule has 0 aliphatic carbocycles. The van der Waals surface area contributed by atoms with Crippen molar-refractivity contribution >= 4 is 11.9 Å². The monoisotopic (exact) mass is 341 g/mol. The van der Waals surface area contributed by atoms with Gasteiger partial charge in [-0.15, -0.1) is 0 Å². The second-order valence-corrected chi connectivity index (χ2v) is 5.63. The predicted molar refractivity (Wildman–Crippen MR) is 96.1 cm³/mol. The fourth-order valence-electron chi connectivity index (χ4n) is 2.23. The van der Waals surface area contributed by atoms with Crippen molar-refractivity contribution in [1.82, 2.24) is 15.5 Å². The first-order valence-corrected chi connectivity index (χ1v) is 8.01. The van der Waals surface area contributed by atoms with Crippen LogP contribution in [0.3, 0.4) is 0 Å². The molecule has 2 aromatic carbocycles. The number of hydrogen-bond acceptors (Lipinski definition) is 3. The van der Waals surface area contributed by atoms with Crippen LogP contribution in [-0.4, -0.2) is 37.5 Å². The van der Waals surface area contributed by atoms with Crippen molar-refractivity contribution in [2.24, 2.45) is 0 Å². The van der Waals surface area contributed by atoms with Gasteiger partial charge in [0, 0.05) is 20.1 Å². The van der Waals surface area contributed by atoms with Gasteiger partial charge in [0.15, 0.2) is 0 Å². The molecule has 25 heavy (non-hydrogen) atoms. The lowest BCUT2D eigenvalue weighted by atomic mass is 10.2. The number of urea groups is 1. The van der Waals surface area contributed by atoms with Crippen LogP contribution in [0, 0.1) is 0 Å². The summed E-state index contributed by atoms with van der Waals surface area (Å²) in [6.07, 6.45) is 0. The Morgan fingerprint density at radius 3 is 2.28 bits per heavy atom. The van der Waals surface area contributed by atoms with Gasteiger partial charge in [0.25, 0.3) is 0 Å². The maximum absolute atomic E-state index is 12.0. The number of rotatable bonds is 7. The average Bonchev–Trinajstić information content (AvgIpc) is 2.65. The number of amides is 3. The minimum atomic E-state index is -0.288. The van der Waals surface area contributed by atoms with Crippen molar-refractivity contribution < 1.29 is 14.3 Å². The highest BCUT2D eigenvalue weighted by Gasteiger charge is 2.10. The Balaban J connectivity index is 1.70. The molecule has 3 amide bonds. The lowest BCUT2D eigenvalue weighted by molar-refractivity contribution is -0.120. The molecule has 0 fully saturated rings. The van der Waals surface area contributed by atoms with Crippen LogP contribution in [-0.2, 0) is 17.9 Å². The molecule has 0 atom stereocenters. The smallest absolute Gasteiger partial charge is 0.317 e. The number of methoxy groups -OCH3 is 1. The van der Waals surface area contributed by atoms with E-state index in [1.165, 1.54) is 4.90 Å². The molecule has 132 valence electrons. The topological polar surface area (TPSA) is 70.7 Å². The first-order valence-electron chi connectivity index (χ1n) is 8.01. The standard InChI is InChI=1S/C19H23N3O3/c1-22(14-16-6-4-3-5-7-16)19(24)21-13-18(23)20-12-15-8-10-17(25-2)11-9-15/h3-11H,12-14H2,1-2H3,(H,20,23)(H,21,24). The molecular weight excluding hydrogens is 318 g/mol. The highest BCUT2D eigenvalue weighted by molar-refractivity contribution is 5.83. The summed E-state index contributed by atoms with van der Waals surface area (Å²) in [6, 6.07) is 16.8. The van der Waals surface area contributed by atoms with Gasteiger partial charge in [0.05, 0.1) is 13.7 Å². The first-order chi connectivity index (χ1) is 12.1. The van der Waals surface area contributed by atoms with Gasteiger partial charge < -0.3 is 20.3 Å². The van der Waals surface area contributed by atoms with Crippen LogP contribution in [0.25, 0.3) is 0 Å². The van der Waals surface area contributed by atoms with Crippen molar-refractivity contribution in [2.75, 3.05) is 20.7 Å². The minimum absolute atomic E-state index is 0.0614. The summed E-state index contributed by atoms with van der Waals surface area (Å²) in [6.45, 7) is 0.826.